The zero-order chi connectivity index (χ0) is 11.0. The van der Waals surface area contributed by atoms with E-state index in [1.807, 2.05) is 25.1 Å². The standard InChI is InChI=1S/C11H13N3O/c1-7-5-8(3-4-10(7)15)9-6-11(12)14(2)13-9/h3-6,15H,12H2,1-2H3. The Morgan fingerprint density at radius 2 is 2.07 bits per heavy atom. The van der Waals surface area contributed by atoms with Crippen LogP contribution in [-0.2, 0) is 7.05 Å². The first kappa shape index (κ1) is 9.58. The molecule has 4 nitrogen and oxygen atoms in total. The SMILES string of the molecule is Cc1cc(-c2cc(N)n(C)n2)ccc1O. The molecule has 0 bridgehead atoms. The normalized spacial score (nSPS) is 10.5. The van der Waals surface area contributed by atoms with Gasteiger partial charge >= 0.3 is 0 Å². The molecule has 0 radical (unpaired) electrons. The molecule has 0 spiro atoms. The number of nitrogen functional groups attached to an aromatic ring is 1. The molecule has 0 atom stereocenters. The van der Waals surface area contributed by atoms with E-state index in [1.165, 1.54) is 0 Å². The monoisotopic (exact) mass is 203 g/mol. The van der Waals surface area contributed by atoms with Gasteiger partial charge in [0, 0.05) is 18.7 Å². The average Bonchev–Trinajstić information content (AvgIpc) is 2.52. The van der Waals surface area contributed by atoms with Gasteiger partial charge in [-0.05, 0) is 30.7 Å². The number of anilines is 1. The van der Waals surface area contributed by atoms with Crippen LogP contribution in [0.3, 0.4) is 0 Å². The molecule has 0 saturated heterocycles. The van der Waals surface area contributed by atoms with E-state index >= 15 is 0 Å². The zero-order valence-electron chi connectivity index (χ0n) is 8.73. The molecule has 15 heavy (non-hydrogen) atoms. The third-order valence-electron chi connectivity index (χ3n) is 2.41. The molecule has 0 aliphatic heterocycles. The molecule has 2 aromatic rings. The zero-order valence-corrected chi connectivity index (χ0v) is 8.73. The molecule has 0 saturated carbocycles. The smallest absolute Gasteiger partial charge is 0.121 e. The first-order valence-corrected chi connectivity index (χ1v) is 4.67. The van der Waals surface area contributed by atoms with E-state index in [0.29, 0.717) is 11.6 Å². The van der Waals surface area contributed by atoms with E-state index in [-0.39, 0.29) is 0 Å². The highest BCUT2D eigenvalue weighted by Gasteiger charge is 2.06. The lowest BCUT2D eigenvalue weighted by Gasteiger charge is -2.00. The number of aromatic hydroxyl groups is 1. The van der Waals surface area contributed by atoms with Crippen LogP contribution in [-0.4, -0.2) is 14.9 Å². The van der Waals surface area contributed by atoms with Crippen LogP contribution in [0, 0.1) is 6.92 Å². The molecule has 3 N–H and O–H groups in total. The third-order valence-corrected chi connectivity index (χ3v) is 2.41. The Bertz CT molecular complexity index is 483. The van der Waals surface area contributed by atoms with Crippen LogP contribution in [0.25, 0.3) is 11.3 Å². The molecule has 1 heterocycles. The van der Waals surface area contributed by atoms with Gasteiger partial charge in [-0.1, -0.05) is 0 Å². The number of nitrogens with two attached hydrogens (primary N) is 1. The van der Waals surface area contributed by atoms with E-state index in [0.717, 1.165) is 16.8 Å². The third kappa shape index (κ3) is 1.66. The van der Waals surface area contributed by atoms with Crippen LogP contribution in [0.2, 0.25) is 0 Å². The largest absolute Gasteiger partial charge is 0.508 e. The maximum Gasteiger partial charge on any atom is 0.121 e. The molecule has 4 heteroatoms. The molecule has 0 aliphatic rings. The lowest BCUT2D eigenvalue weighted by molar-refractivity contribution is 0.471. The Morgan fingerprint density at radius 3 is 2.60 bits per heavy atom. The minimum absolute atomic E-state index is 0.294. The molecule has 0 aliphatic carbocycles. The number of aryl methyl sites for hydroxylation is 2. The second-order valence-electron chi connectivity index (χ2n) is 3.58. The lowest BCUT2D eigenvalue weighted by Crippen LogP contribution is -1.96. The number of benzene rings is 1. The second-order valence-corrected chi connectivity index (χ2v) is 3.58. The van der Waals surface area contributed by atoms with E-state index in [2.05, 4.69) is 5.10 Å². The molecular weight excluding hydrogens is 190 g/mol. The van der Waals surface area contributed by atoms with Gasteiger partial charge in [-0.2, -0.15) is 5.10 Å². The summed E-state index contributed by atoms with van der Waals surface area (Å²) in [6.07, 6.45) is 0. The predicted octanol–water partition coefficient (Wildman–Crippen LogP) is 1.68. The summed E-state index contributed by atoms with van der Waals surface area (Å²) in [6, 6.07) is 7.18. The van der Waals surface area contributed by atoms with Crippen molar-refractivity contribution in [3.8, 4) is 17.0 Å². The first-order chi connectivity index (χ1) is 7.08. The number of aromatic nitrogens is 2. The number of hydrogen-bond donors (Lipinski definition) is 2. The maximum atomic E-state index is 9.40. The van der Waals surface area contributed by atoms with Crippen molar-refractivity contribution in [2.24, 2.45) is 7.05 Å². The highest BCUT2D eigenvalue weighted by atomic mass is 16.3. The van der Waals surface area contributed by atoms with Gasteiger partial charge in [0.2, 0.25) is 0 Å². The summed E-state index contributed by atoms with van der Waals surface area (Å²) in [5, 5.41) is 13.7. The van der Waals surface area contributed by atoms with Gasteiger partial charge in [-0.25, -0.2) is 0 Å². The van der Waals surface area contributed by atoms with Crippen molar-refractivity contribution in [2.45, 2.75) is 6.92 Å². The molecule has 1 aromatic heterocycles. The van der Waals surface area contributed by atoms with Crippen LogP contribution in [0.5, 0.6) is 5.75 Å². The van der Waals surface area contributed by atoms with Crippen molar-refractivity contribution in [1.29, 1.82) is 0 Å². The van der Waals surface area contributed by atoms with Crippen molar-refractivity contribution in [3.05, 3.63) is 29.8 Å². The maximum absolute atomic E-state index is 9.40. The van der Waals surface area contributed by atoms with Crippen LogP contribution in [0.1, 0.15) is 5.56 Å². The highest BCUT2D eigenvalue weighted by molar-refractivity contribution is 5.64. The minimum atomic E-state index is 0.294. The molecule has 2 rings (SSSR count). The topological polar surface area (TPSA) is 64.1 Å². The van der Waals surface area contributed by atoms with Gasteiger partial charge in [0.15, 0.2) is 0 Å². The number of phenols is 1. The van der Waals surface area contributed by atoms with Gasteiger partial charge in [0.1, 0.15) is 11.6 Å². The number of hydrogen-bond acceptors (Lipinski definition) is 3. The Labute approximate surface area is 88.0 Å². The van der Waals surface area contributed by atoms with Gasteiger partial charge in [0.05, 0.1) is 5.69 Å². The van der Waals surface area contributed by atoms with E-state index < -0.39 is 0 Å². The van der Waals surface area contributed by atoms with Crippen molar-refractivity contribution < 1.29 is 5.11 Å². The van der Waals surface area contributed by atoms with Crippen LogP contribution < -0.4 is 5.73 Å². The molecular formula is C11H13N3O. The van der Waals surface area contributed by atoms with Crippen molar-refractivity contribution in [1.82, 2.24) is 9.78 Å². The summed E-state index contributed by atoms with van der Waals surface area (Å²) in [7, 11) is 1.80. The van der Waals surface area contributed by atoms with Gasteiger partial charge in [-0.3, -0.25) is 4.68 Å². The molecule has 0 amide bonds. The second kappa shape index (κ2) is 3.31. The van der Waals surface area contributed by atoms with Crippen LogP contribution in [0.15, 0.2) is 24.3 Å². The van der Waals surface area contributed by atoms with Crippen molar-refractivity contribution >= 4 is 5.82 Å². The summed E-state index contributed by atoms with van der Waals surface area (Å²) in [5.41, 5.74) is 8.30. The fourth-order valence-corrected chi connectivity index (χ4v) is 1.44. The first-order valence-electron chi connectivity index (χ1n) is 4.67. The van der Waals surface area contributed by atoms with Gasteiger partial charge < -0.3 is 10.8 Å². The van der Waals surface area contributed by atoms with E-state index in [1.54, 1.807) is 17.8 Å². The van der Waals surface area contributed by atoms with E-state index in [9.17, 15) is 5.11 Å². The molecule has 78 valence electrons. The number of rotatable bonds is 1. The minimum Gasteiger partial charge on any atom is -0.508 e. The van der Waals surface area contributed by atoms with E-state index in [4.69, 9.17) is 5.73 Å². The molecule has 0 unspecified atom stereocenters. The lowest BCUT2D eigenvalue weighted by atomic mass is 10.1. The van der Waals surface area contributed by atoms with Crippen LogP contribution in [0.4, 0.5) is 5.82 Å². The summed E-state index contributed by atoms with van der Waals surface area (Å²) in [4.78, 5) is 0. The molecule has 0 fully saturated rings. The Kier molecular flexibility index (Phi) is 2.11. The highest BCUT2D eigenvalue weighted by Crippen LogP contribution is 2.25. The van der Waals surface area contributed by atoms with Gasteiger partial charge in [0.25, 0.3) is 0 Å². The van der Waals surface area contributed by atoms with Crippen molar-refractivity contribution in [2.75, 3.05) is 5.73 Å². The van der Waals surface area contributed by atoms with Crippen molar-refractivity contribution in [3.63, 3.8) is 0 Å². The number of phenolic OH excluding ortho intramolecular Hbond substituents is 1. The fourth-order valence-electron chi connectivity index (χ4n) is 1.44. The predicted molar refractivity (Wildman–Crippen MR) is 59.5 cm³/mol. The van der Waals surface area contributed by atoms with Gasteiger partial charge in [-0.15, -0.1) is 0 Å². The quantitative estimate of drug-likeness (QED) is 0.741. The Hall–Kier alpha value is -1.97. The fraction of sp³-hybridized carbons (Fsp3) is 0.182. The Morgan fingerprint density at radius 1 is 1.33 bits per heavy atom. The van der Waals surface area contributed by atoms with Crippen LogP contribution >= 0.6 is 0 Å². The number of nitrogens with zero attached hydrogens (tertiary/aromatic N) is 2. The molecule has 1 aromatic carbocycles. The summed E-state index contributed by atoms with van der Waals surface area (Å²) in [6.45, 7) is 1.85. The Balaban J connectivity index is 2.49. The summed E-state index contributed by atoms with van der Waals surface area (Å²) in [5.74, 6) is 0.915. The summed E-state index contributed by atoms with van der Waals surface area (Å²) < 4.78 is 1.62. The average molecular weight is 203 g/mol. The summed E-state index contributed by atoms with van der Waals surface area (Å²) >= 11 is 0.